The predicted molar refractivity (Wildman–Crippen MR) is 158 cm³/mol. The largest absolute Gasteiger partial charge is 0.378 e. The van der Waals surface area contributed by atoms with Gasteiger partial charge in [0, 0.05) is 49.5 Å². The number of nitrogens with one attached hydrogen (secondary N) is 1. The molecule has 3 aliphatic heterocycles. The van der Waals surface area contributed by atoms with Crippen LogP contribution in [-0.2, 0) is 19.1 Å². The molecule has 12 nitrogen and oxygen atoms in total. The number of nitro benzene ring substituents is 1. The van der Waals surface area contributed by atoms with Crippen molar-refractivity contribution in [2.45, 2.75) is 51.5 Å². The molecule has 0 radical (unpaired) electrons. The number of nitrogens with zero attached hydrogens (tertiary/aromatic N) is 4. The monoisotopic (exact) mass is 593 g/mol. The number of benzene rings is 1. The van der Waals surface area contributed by atoms with Gasteiger partial charge < -0.3 is 19.3 Å². The molecule has 12 heteroatoms. The zero-order valence-electron chi connectivity index (χ0n) is 24.6. The van der Waals surface area contributed by atoms with Gasteiger partial charge in [-0.25, -0.2) is 4.79 Å². The van der Waals surface area contributed by atoms with Crippen molar-refractivity contribution in [2.75, 3.05) is 62.4 Å². The van der Waals surface area contributed by atoms with Crippen LogP contribution in [0.3, 0.4) is 0 Å². The third-order valence-electron chi connectivity index (χ3n) is 10.8. The van der Waals surface area contributed by atoms with E-state index in [0.29, 0.717) is 87.3 Å². The Labute approximate surface area is 250 Å². The van der Waals surface area contributed by atoms with Crippen LogP contribution >= 0.6 is 0 Å². The minimum absolute atomic E-state index is 0.107. The standard InChI is InChI=1S/C31H39N5O7/c1-19(31-16-20-10-21(17-31)12-22(11-20)18-31)35-29(38)24(28(37)32-30(35)39)13-23-14-27(36(40)41)26(34-4-8-43-9-5-34)15-25(23)33-2-6-42-7-3-33/h13-15,19-22H,2-12,16-18H2,1H3,(H,32,37,39)/b24-13+/t19-,20?,21?,22?,31?/m0/s1. The molecule has 4 aliphatic carbocycles. The van der Waals surface area contributed by atoms with Gasteiger partial charge in [-0.1, -0.05) is 0 Å². The molecule has 3 saturated heterocycles. The Hall–Kier alpha value is -3.51. The molecule has 7 aliphatic rings. The van der Waals surface area contributed by atoms with Crippen LogP contribution < -0.4 is 15.1 Å². The topological polar surface area (TPSA) is 135 Å². The summed E-state index contributed by atoms with van der Waals surface area (Å²) >= 11 is 0. The van der Waals surface area contributed by atoms with E-state index in [2.05, 4.69) is 10.2 Å². The summed E-state index contributed by atoms with van der Waals surface area (Å²) in [6.07, 6.45) is 8.14. The highest BCUT2D eigenvalue weighted by Gasteiger charge is 2.56. The fourth-order valence-corrected chi connectivity index (χ4v) is 9.12. The number of imide groups is 2. The van der Waals surface area contributed by atoms with Gasteiger partial charge in [0.1, 0.15) is 11.3 Å². The lowest BCUT2D eigenvalue weighted by Gasteiger charge is -2.60. The molecule has 0 unspecified atom stereocenters. The summed E-state index contributed by atoms with van der Waals surface area (Å²) in [6.45, 7) is 6.03. The van der Waals surface area contributed by atoms with E-state index in [1.54, 1.807) is 6.07 Å². The van der Waals surface area contributed by atoms with Crippen LogP contribution in [0.2, 0.25) is 0 Å². The van der Waals surface area contributed by atoms with Gasteiger partial charge in [0.25, 0.3) is 17.5 Å². The fourth-order valence-electron chi connectivity index (χ4n) is 9.12. The number of hydrogen-bond acceptors (Lipinski definition) is 9. The van der Waals surface area contributed by atoms with Crippen molar-refractivity contribution in [3.05, 3.63) is 33.4 Å². The summed E-state index contributed by atoms with van der Waals surface area (Å²) < 4.78 is 11.0. The zero-order valence-corrected chi connectivity index (χ0v) is 24.6. The number of carbonyl (C=O) groups excluding carboxylic acids is 3. The minimum atomic E-state index is -0.781. The van der Waals surface area contributed by atoms with Crippen LogP contribution in [0.4, 0.5) is 21.9 Å². The highest BCUT2D eigenvalue weighted by atomic mass is 16.6. The first-order valence-electron chi connectivity index (χ1n) is 15.6. The second-order valence-electron chi connectivity index (χ2n) is 13.3. The first-order valence-corrected chi connectivity index (χ1v) is 15.6. The van der Waals surface area contributed by atoms with Crippen LogP contribution in [-0.4, -0.2) is 86.3 Å². The van der Waals surface area contributed by atoms with Crippen LogP contribution in [0.15, 0.2) is 17.7 Å². The average molecular weight is 594 g/mol. The van der Waals surface area contributed by atoms with Gasteiger partial charge >= 0.3 is 6.03 Å². The molecule has 1 atom stereocenters. The van der Waals surface area contributed by atoms with Gasteiger partial charge in [-0.15, -0.1) is 0 Å². The lowest BCUT2D eigenvalue weighted by Crippen LogP contribution is -2.63. The number of rotatable bonds is 6. The molecule has 4 amide bonds. The molecule has 0 spiro atoms. The van der Waals surface area contributed by atoms with Gasteiger partial charge in [0.2, 0.25) is 0 Å². The van der Waals surface area contributed by atoms with Crippen LogP contribution in [0.5, 0.6) is 0 Å². The number of barbiturate groups is 1. The van der Waals surface area contributed by atoms with Crippen molar-refractivity contribution in [3.63, 3.8) is 0 Å². The molecular formula is C31H39N5O7. The number of urea groups is 1. The Morgan fingerprint density at radius 1 is 0.907 bits per heavy atom. The maximum absolute atomic E-state index is 14.1. The molecule has 7 fully saturated rings. The zero-order chi connectivity index (χ0) is 29.9. The van der Waals surface area contributed by atoms with Crippen molar-refractivity contribution in [1.82, 2.24) is 10.2 Å². The first kappa shape index (κ1) is 28.3. The van der Waals surface area contributed by atoms with Crippen molar-refractivity contribution < 1.29 is 28.8 Å². The molecule has 43 heavy (non-hydrogen) atoms. The Kier molecular flexibility index (Phi) is 7.16. The molecule has 0 aromatic heterocycles. The molecule has 4 bridgehead atoms. The number of carbonyl (C=O) groups is 3. The van der Waals surface area contributed by atoms with Gasteiger partial charge in [0.05, 0.1) is 31.4 Å². The fraction of sp³-hybridized carbons (Fsp3) is 0.645. The third kappa shape index (κ3) is 4.98. The maximum Gasteiger partial charge on any atom is 0.331 e. The van der Waals surface area contributed by atoms with Gasteiger partial charge in [-0.05, 0) is 80.8 Å². The summed E-state index contributed by atoms with van der Waals surface area (Å²) in [5.74, 6) is 0.487. The molecular weight excluding hydrogens is 554 g/mol. The van der Waals surface area contributed by atoms with E-state index < -0.39 is 22.8 Å². The highest BCUT2D eigenvalue weighted by molar-refractivity contribution is 6.31. The van der Waals surface area contributed by atoms with E-state index in [4.69, 9.17) is 9.47 Å². The Morgan fingerprint density at radius 3 is 1.98 bits per heavy atom. The third-order valence-corrected chi connectivity index (χ3v) is 10.8. The minimum Gasteiger partial charge on any atom is -0.378 e. The summed E-state index contributed by atoms with van der Waals surface area (Å²) in [5.41, 5.74) is 1.12. The molecule has 230 valence electrons. The molecule has 8 rings (SSSR count). The normalized spacial score (nSPS) is 32.4. The first-order chi connectivity index (χ1) is 20.7. The summed E-state index contributed by atoms with van der Waals surface area (Å²) in [7, 11) is 0. The van der Waals surface area contributed by atoms with Crippen molar-refractivity contribution in [1.29, 1.82) is 0 Å². The lowest BCUT2D eigenvalue weighted by atomic mass is 9.47. The SMILES string of the molecule is C[C@H](N1C(=O)NC(=O)/C(=C\c2cc([N+](=O)[O-])c(N3CCOCC3)cc2N2CCOCC2)C1=O)C12CC3CC(CC(C3)C1)C2. The van der Waals surface area contributed by atoms with E-state index in [0.717, 1.165) is 19.3 Å². The van der Waals surface area contributed by atoms with Crippen molar-refractivity contribution in [3.8, 4) is 0 Å². The number of amides is 4. The Morgan fingerprint density at radius 2 is 1.44 bits per heavy atom. The predicted octanol–water partition coefficient (Wildman–Crippen LogP) is 3.33. The molecule has 4 saturated carbocycles. The molecule has 1 N–H and O–H groups in total. The average Bonchev–Trinajstić information content (AvgIpc) is 2.99. The van der Waals surface area contributed by atoms with E-state index in [9.17, 15) is 24.5 Å². The number of morpholine rings is 2. The quantitative estimate of drug-likeness (QED) is 0.228. The van der Waals surface area contributed by atoms with Crippen LogP contribution in [0.1, 0.15) is 51.0 Å². The maximum atomic E-state index is 14.1. The molecule has 3 heterocycles. The molecule has 1 aromatic rings. The van der Waals surface area contributed by atoms with Gasteiger partial charge in [0.15, 0.2) is 0 Å². The van der Waals surface area contributed by atoms with E-state index in [1.165, 1.54) is 36.3 Å². The second-order valence-corrected chi connectivity index (χ2v) is 13.3. The number of hydrogen-bond donors (Lipinski definition) is 1. The van der Waals surface area contributed by atoms with Gasteiger partial charge in [-0.3, -0.25) is 29.9 Å². The highest BCUT2D eigenvalue weighted by Crippen LogP contribution is 2.62. The van der Waals surface area contributed by atoms with Gasteiger partial charge in [-0.2, -0.15) is 0 Å². The second kappa shape index (κ2) is 10.9. The van der Waals surface area contributed by atoms with E-state index >= 15 is 0 Å². The van der Waals surface area contributed by atoms with Crippen molar-refractivity contribution >= 4 is 41.0 Å². The summed E-state index contributed by atoms with van der Waals surface area (Å²) in [5, 5.41) is 14.7. The Bertz CT molecular complexity index is 1350. The Balaban J connectivity index is 1.27. The van der Waals surface area contributed by atoms with E-state index in [-0.39, 0.29) is 22.7 Å². The lowest BCUT2D eigenvalue weighted by molar-refractivity contribution is -0.384. The van der Waals surface area contributed by atoms with Crippen LogP contribution in [0, 0.1) is 33.3 Å². The number of ether oxygens (including phenoxy) is 2. The van der Waals surface area contributed by atoms with E-state index in [1.807, 2.05) is 11.8 Å². The number of anilines is 2. The molecule has 1 aromatic carbocycles. The summed E-state index contributed by atoms with van der Waals surface area (Å²) in [4.78, 5) is 57.7. The van der Waals surface area contributed by atoms with Crippen molar-refractivity contribution in [2.24, 2.45) is 23.2 Å². The summed E-state index contributed by atoms with van der Waals surface area (Å²) in [6, 6.07) is 2.19. The van der Waals surface area contributed by atoms with Crippen LogP contribution in [0.25, 0.3) is 6.08 Å². The number of nitro groups is 1. The smallest absolute Gasteiger partial charge is 0.331 e.